The van der Waals surface area contributed by atoms with Crippen LogP contribution in [0.15, 0.2) is 67.0 Å². The van der Waals surface area contributed by atoms with Crippen molar-refractivity contribution in [1.82, 2.24) is 14.4 Å². The van der Waals surface area contributed by atoms with Gasteiger partial charge in [0.15, 0.2) is 0 Å². The first-order chi connectivity index (χ1) is 13.8. The molecule has 0 aliphatic carbocycles. The zero-order valence-electron chi connectivity index (χ0n) is 15.2. The molecule has 0 aliphatic rings. The summed E-state index contributed by atoms with van der Waals surface area (Å²) in [4.78, 5) is 21.4. The smallest absolute Gasteiger partial charge is 0.306 e. The summed E-state index contributed by atoms with van der Waals surface area (Å²) >= 11 is 0. The highest BCUT2D eigenvalue weighted by molar-refractivity contribution is 6.05. The number of alkyl halides is 3. The minimum atomic E-state index is -4.53. The molecule has 1 N–H and O–H groups in total. The number of halogens is 3. The Hall–Kier alpha value is -3.68. The number of amides is 1. The number of imidazole rings is 1. The van der Waals surface area contributed by atoms with Crippen LogP contribution in [0.5, 0.6) is 0 Å². The quantitative estimate of drug-likeness (QED) is 0.532. The number of hydrogen-bond acceptors (Lipinski definition) is 3. The van der Waals surface area contributed by atoms with Gasteiger partial charge in [0, 0.05) is 23.5 Å². The van der Waals surface area contributed by atoms with Crippen molar-refractivity contribution in [2.75, 3.05) is 5.32 Å². The summed E-state index contributed by atoms with van der Waals surface area (Å²) in [7, 11) is 0. The number of carbonyl (C=O) groups is 1. The fraction of sp³-hybridized carbons (Fsp3) is 0.0952. The predicted octanol–water partition coefficient (Wildman–Crippen LogP) is 4.98. The normalized spacial score (nSPS) is 11.6. The van der Waals surface area contributed by atoms with Crippen LogP contribution >= 0.6 is 0 Å². The largest absolute Gasteiger partial charge is 0.416 e. The van der Waals surface area contributed by atoms with Gasteiger partial charge in [-0.2, -0.15) is 13.2 Å². The Kier molecular flexibility index (Phi) is 4.54. The van der Waals surface area contributed by atoms with E-state index in [1.807, 2.05) is 31.2 Å². The topological polar surface area (TPSA) is 59.3 Å². The number of fused-ring (bicyclic) bond motifs is 1. The zero-order chi connectivity index (χ0) is 20.6. The lowest BCUT2D eigenvalue weighted by Gasteiger charge is -2.10. The highest BCUT2D eigenvalue weighted by Crippen LogP contribution is 2.31. The fourth-order valence-electron chi connectivity index (χ4n) is 2.94. The van der Waals surface area contributed by atoms with Gasteiger partial charge in [-0.3, -0.25) is 9.20 Å². The van der Waals surface area contributed by atoms with Crippen LogP contribution in [0.3, 0.4) is 0 Å². The van der Waals surface area contributed by atoms with Gasteiger partial charge < -0.3 is 5.32 Å². The van der Waals surface area contributed by atoms with Crippen LogP contribution in [0.2, 0.25) is 0 Å². The standard InChI is InChI=1S/C21H15F3N4O/c1-13-6-8-14(9-7-13)17-18(28-11-3-10-25-20(28)26-17)27-19(29)15-4-2-5-16(12-15)21(22,23)24/h2-12H,1H3,(H,27,29). The zero-order valence-corrected chi connectivity index (χ0v) is 15.2. The van der Waals surface area contributed by atoms with Crippen LogP contribution in [-0.4, -0.2) is 20.3 Å². The second-order valence-corrected chi connectivity index (χ2v) is 6.50. The fourth-order valence-corrected chi connectivity index (χ4v) is 2.94. The summed E-state index contributed by atoms with van der Waals surface area (Å²) in [6.45, 7) is 1.95. The van der Waals surface area contributed by atoms with Crippen molar-refractivity contribution in [3.05, 3.63) is 83.7 Å². The highest BCUT2D eigenvalue weighted by Gasteiger charge is 2.31. The Morgan fingerprint density at radius 1 is 1.07 bits per heavy atom. The molecule has 2 aromatic heterocycles. The Balaban J connectivity index is 1.77. The third-order valence-electron chi connectivity index (χ3n) is 4.41. The monoisotopic (exact) mass is 396 g/mol. The molecule has 0 bridgehead atoms. The second kappa shape index (κ2) is 7.05. The number of benzene rings is 2. The molecule has 8 heteroatoms. The van der Waals surface area contributed by atoms with E-state index >= 15 is 0 Å². The molecule has 5 nitrogen and oxygen atoms in total. The molecule has 29 heavy (non-hydrogen) atoms. The Labute approximate surface area is 163 Å². The van der Waals surface area contributed by atoms with Gasteiger partial charge in [0.1, 0.15) is 11.5 Å². The minimum absolute atomic E-state index is 0.103. The molecular weight excluding hydrogens is 381 g/mol. The molecule has 4 aromatic rings. The number of nitrogens with one attached hydrogen (secondary N) is 1. The van der Waals surface area contributed by atoms with E-state index in [1.54, 1.807) is 22.9 Å². The number of carbonyl (C=O) groups excluding carboxylic acids is 1. The number of rotatable bonds is 3. The molecule has 0 aliphatic heterocycles. The van der Waals surface area contributed by atoms with Crippen molar-refractivity contribution in [2.45, 2.75) is 13.1 Å². The molecular formula is C21H15F3N4O. The van der Waals surface area contributed by atoms with Crippen LogP contribution in [0.4, 0.5) is 19.0 Å². The van der Waals surface area contributed by atoms with E-state index in [9.17, 15) is 18.0 Å². The summed E-state index contributed by atoms with van der Waals surface area (Å²) in [5.74, 6) is 0.0249. The first kappa shape index (κ1) is 18.7. The van der Waals surface area contributed by atoms with Crippen LogP contribution < -0.4 is 5.32 Å². The van der Waals surface area contributed by atoms with Gasteiger partial charge in [-0.1, -0.05) is 35.9 Å². The van der Waals surface area contributed by atoms with Gasteiger partial charge in [-0.25, -0.2) is 9.97 Å². The summed E-state index contributed by atoms with van der Waals surface area (Å²) < 4.78 is 40.5. The molecule has 146 valence electrons. The molecule has 0 unspecified atom stereocenters. The summed E-state index contributed by atoms with van der Waals surface area (Å²) in [5.41, 5.74) is 1.30. The molecule has 0 atom stereocenters. The SMILES string of the molecule is Cc1ccc(-c2nc3ncccn3c2NC(=O)c2cccc(C(F)(F)F)c2)cc1. The maximum atomic E-state index is 13.0. The van der Waals surface area contributed by atoms with Crippen LogP contribution in [0.1, 0.15) is 21.5 Å². The van der Waals surface area contributed by atoms with Gasteiger partial charge in [0.05, 0.1) is 5.56 Å². The second-order valence-electron chi connectivity index (χ2n) is 6.50. The molecule has 2 aromatic carbocycles. The third kappa shape index (κ3) is 3.69. The molecule has 0 saturated carbocycles. The van der Waals surface area contributed by atoms with Crippen LogP contribution in [-0.2, 0) is 6.18 Å². The van der Waals surface area contributed by atoms with Crippen LogP contribution in [0, 0.1) is 6.92 Å². The molecule has 0 radical (unpaired) electrons. The van der Waals surface area contributed by atoms with Crippen molar-refractivity contribution in [2.24, 2.45) is 0 Å². The molecule has 1 amide bonds. The van der Waals surface area contributed by atoms with E-state index in [-0.39, 0.29) is 5.56 Å². The van der Waals surface area contributed by atoms with Crippen molar-refractivity contribution < 1.29 is 18.0 Å². The average Bonchev–Trinajstić information content (AvgIpc) is 3.06. The van der Waals surface area contributed by atoms with E-state index in [1.165, 1.54) is 12.1 Å². The Morgan fingerprint density at radius 2 is 1.83 bits per heavy atom. The maximum Gasteiger partial charge on any atom is 0.416 e. The van der Waals surface area contributed by atoms with E-state index in [0.717, 1.165) is 23.3 Å². The van der Waals surface area contributed by atoms with E-state index in [0.29, 0.717) is 17.3 Å². The van der Waals surface area contributed by atoms with Gasteiger partial charge >= 0.3 is 6.18 Å². The Morgan fingerprint density at radius 3 is 2.55 bits per heavy atom. The molecule has 2 heterocycles. The van der Waals surface area contributed by atoms with Crippen molar-refractivity contribution in [3.8, 4) is 11.3 Å². The van der Waals surface area contributed by atoms with E-state index in [4.69, 9.17) is 0 Å². The number of anilines is 1. The van der Waals surface area contributed by atoms with Crippen LogP contribution in [0.25, 0.3) is 17.0 Å². The van der Waals surface area contributed by atoms with E-state index in [2.05, 4.69) is 15.3 Å². The predicted molar refractivity (Wildman–Crippen MR) is 103 cm³/mol. The lowest BCUT2D eigenvalue weighted by atomic mass is 10.1. The Bertz CT molecular complexity index is 1200. The summed E-state index contributed by atoms with van der Waals surface area (Å²) in [6, 6.07) is 13.5. The number of aryl methyl sites for hydroxylation is 1. The molecule has 0 fully saturated rings. The maximum absolute atomic E-state index is 13.0. The number of nitrogens with zero attached hydrogens (tertiary/aromatic N) is 3. The third-order valence-corrected chi connectivity index (χ3v) is 4.41. The van der Waals surface area contributed by atoms with Gasteiger partial charge in [0.2, 0.25) is 5.78 Å². The van der Waals surface area contributed by atoms with Gasteiger partial charge in [0.25, 0.3) is 5.91 Å². The minimum Gasteiger partial charge on any atom is -0.306 e. The molecule has 0 spiro atoms. The van der Waals surface area contributed by atoms with Crippen molar-refractivity contribution >= 4 is 17.5 Å². The summed E-state index contributed by atoms with van der Waals surface area (Å²) in [6.07, 6.45) is -1.29. The van der Waals surface area contributed by atoms with Gasteiger partial charge in [-0.05, 0) is 31.2 Å². The lowest BCUT2D eigenvalue weighted by Crippen LogP contribution is -2.15. The van der Waals surface area contributed by atoms with Crippen molar-refractivity contribution in [3.63, 3.8) is 0 Å². The first-order valence-electron chi connectivity index (χ1n) is 8.71. The average molecular weight is 396 g/mol. The lowest BCUT2D eigenvalue weighted by molar-refractivity contribution is -0.137. The number of hydrogen-bond donors (Lipinski definition) is 1. The van der Waals surface area contributed by atoms with Crippen molar-refractivity contribution in [1.29, 1.82) is 0 Å². The highest BCUT2D eigenvalue weighted by atomic mass is 19.4. The number of aromatic nitrogens is 3. The summed E-state index contributed by atoms with van der Waals surface area (Å²) in [5, 5.41) is 2.70. The molecule has 0 saturated heterocycles. The first-order valence-corrected chi connectivity index (χ1v) is 8.71. The van der Waals surface area contributed by atoms with E-state index < -0.39 is 17.6 Å². The van der Waals surface area contributed by atoms with Gasteiger partial charge in [-0.15, -0.1) is 0 Å². The molecule has 4 rings (SSSR count).